The Hall–Kier alpha value is -1.64. The molecule has 1 N–H and O–H groups in total. The van der Waals surface area contributed by atoms with Gasteiger partial charge in [0.15, 0.2) is 0 Å². The number of rotatable bonds is 13. The lowest BCUT2D eigenvalue weighted by Gasteiger charge is -2.48. The number of nitrogens with one attached hydrogen (secondary N) is 1. The van der Waals surface area contributed by atoms with Gasteiger partial charge in [-0.1, -0.05) is 51.2 Å². The molecular weight excluding hydrogens is 426 g/mol. The number of hydrogen-bond acceptors (Lipinski definition) is 5. The fourth-order valence-electron chi connectivity index (χ4n) is 4.73. The molecule has 0 aromatic heterocycles. The van der Waals surface area contributed by atoms with Crippen LogP contribution in [-0.4, -0.2) is 59.1 Å². The van der Waals surface area contributed by atoms with E-state index in [4.69, 9.17) is 4.74 Å². The minimum absolute atomic E-state index is 0.00820. The number of hydrogen-bond donors (Lipinski definition) is 1. The molecule has 32 heavy (non-hydrogen) atoms. The van der Waals surface area contributed by atoms with Crippen LogP contribution in [0.5, 0.6) is 0 Å². The number of esters is 1. The molecule has 0 radical (unpaired) electrons. The molecule has 0 amide bonds. The van der Waals surface area contributed by atoms with Gasteiger partial charge in [-0.25, -0.2) is 9.03 Å². The quantitative estimate of drug-likeness (QED) is 0.352. The van der Waals surface area contributed by atoms with Crippen molar-refractivity contribution < 1.29 is 17.9 Å². The average Bonchev–Trinajstić information content (AvgIpc) is 2.77. The van der Waals surface area contributed by atoms with Gasteiger partial charge in [0.05, 0.1) is 24.8 Å². The third-order valence-electron chi connectivity index (χ3n) is 6.37. The van der Waals surface area contributed by atoms with Gasteiger partial charge in [-0.15, -0.1) is 0 Å². The van der Waals surface area contributed by atoms with Crippen LogP contribution in [0.25, 0.3) is 0 Å². The Morgan fingerprint density at radius 3 is 2.41 bits per heavy atom. The van der Waals surface area contributed by atoms with Crippen LogP contribution in [0.1, 0.15) is 70.3 Å². The molecule has 0 saturated carbocycles. The van der Waals surface area contributed by atoms with Crippen molar-refractivity contribution in [2.45, 2.75) is 76.7 Å². The lowest BCUT2D eigenvalue weighted by atomic mass is 9.85. The lowest BCUT2D eigenvalue weighted by Crippen LogP contribution is -2.63. The predicted octanol–water partition coefficient (Wildman–Crippen LogP) is 3.89. The summed E-state index contributed by atoms with van der Waals surface area (Å²) in [5, 5.41) is 0. The summed E-state index contributed by atoms with van der Waals surface area (Å²) in [5.41, 5.74) is 0.877. The summed E-state index contributed by atoms with van der Waals surface area (Å²) in [5.74, 6) is -0.406. The molecule has 1 heterocycles. The first kappa shape index (κ1) is 26.6. The Morgan fingerprint density at radius 1 is 1.16 bits per heavy atom. The summed E-state index contributed by atoms with van der Waals surface area (Å²) < 4.78 is 35.2. The molecule has 1 saturated heterocycles. The summed E-state index contributed by atoms with van der Waals surface area (Å²) in [4.78, 5) is 14.4. The van der Waals surface area contributed by atoms with E-state index >= 15 is 0 Å². The van der Waals surface area contributed by atoms with Crippen LogP contribution < -0.4 is 9.03 Å². The summed E-state index contributed by atoms with van der Waals surface area (Å²) in [7, 11) is 0.869. The first-order valence-electron chi connectivity index (χ1n) is 11.9. The van der Waals surface area contributed by atoms with Gasteiger partial charge in [0.25, 0.3) is 0 Å². The van der Waals surface area contributed by atoms with Crippen molar-refractivity contribution in [1.82, 2.24) is 9.62 Å². The Kier molecular flexibility index (Phi) is 10.4. The molecule has 2 rings (SSSR count). The molecule has 1 aliphatic heterocycles. The SMILES string of the molecule is CCCCCCCCc1ccc(N(C2(CC(=O)OC)CCCN(C)C2)S(=O)(=O)NC)cc1. The van der Waals surface area contributed by atoms with Crippen LogP contribution in [0, 0.1) is 0 Å². The molecule has 182 valence electrons. The normalized spacial score (nSPS) is 19.6. The van der Waals surface area contributed by atoms with E-state index in [0.29, 0.717) is 18.7 Å². The number of ether oxygens (including phenoxy) is 1. The van der Waals surface area contributed by atoms with Gasteiger partial charge in [0, 0.05) is 13.6 Å². The zero-order valence-electron chi connectivity index (χ0n) is 20.2. The molecule has 1 aromatic carbocycles. The number of carbonyl (C=O) groups is 1. The summed E-state index contributed by atoms with van der Waals surface area (Å²) in [6.07, 6.45) is 9.86. The third kappa shape index (κ3) is 7.18. The zero-order valence-corrected chi connectivity index (χ0v) is 21.0. The summed E-state index contributed by atoms with van der Waals surface area (Å²) in [6.45, 7) is 3.55. The molecule has 0 aliphatic carbocycles. The van der Waals surface area contributed by atoms with Crippen LogP contribution in [0.2, 0.25) is 0 Å². The number of benzene rings is 1. The monoisotopic (exact) mass is 467 g/mol. The van der Waals surface area contributed by atoms with E-state index < -0.39 is 21.7 Å². The van der Waals surface area contributed by atoms with E-state index in [1.165, 1.54) is 56.1 Å². The van der Waals surface area contributed by atoms with Crippen molar-refractivity contribution in [3.8, 4) is 0 Å². The van der Waals surface area contributed by atoms with Crippen LogP contribution in [0.3, 0.4) is 0 Å². The molecule has 1 fully saturated rings. The van der Waals surface area contributed by atoms with Gasteiger partial charge in [-0.3, -0.25) is 4.79 Å². The average molecular weight is 468 g/mol. The van der Waals surface area contributed by atoms with Crippen LogP contribution in [0.4, 0.5) is 5.69 Å². The largest absolute Gasteiger partial charge is 0.469 e. The van der Waals surface area contributed by atoms with E-state index in [1.54, 1.807) is 0 Å². The van der Waals surface area contributed by atoms with E-state index in [-0.39, 0.29) is 6.42 Å². The number of anilines is 1. The first-order valence-corrected chi connectivity index (χ1v) is 13.3. The minimum atomic E-state index is -3.84. The van der Waals surface area contributed by atoms with Gasteiger partial charge in [-0.05, 0) is 57.0 Å². The molecule has 0 spiro atoms. The number of likely N-dealkylation sites (tertiary alicyclic amines) is 1. The summed E-state index contributed by atoms with van der Waals surface area (Å²) in [6, 6.07) is 7.76. The molecule has 7 nitrogen and oxygen atoms in total. The molecule has 1 atom stereocenters. The van der Waals surface area contributed by atoms with Crippen molar-refractivity contribution >= 4 is 21.9 Å². The second-order valence-electron chi connectivity index (χ2n) is 8.98. The van der Waals surface area contributed by atoms with Crippen LogP contribution in [0.15, 0.2) is 24.3 Å². The third-order valence-corrected chi connectivity index (χ3v) is 7.96. The van der Waals surface area contributed by atoms with Crippen molar-refractivity contribution in [3.05, 3.63) is 29.8 Å². The number of piperidine rings is 1. The van der Waals surface area contributed by atoms with Gasteiger partial charge < -0.3 is 9.64 Å². The fraction of sp³-hybridized carbons (Fsp3) is 0.708. The first-order chi connectivity index (χ1) is 15.3. The Bertz CT molecular complexity index is 813. The second kappa shape index (κ2) is 12.6. The van der Waals surface area contributed by atoms with Gasteiger partial charge in [0.2, 0.25) is 0 Å². The zero-order chi connectivity index (χ0) is 23.6. The second-order valence-corrected chi connectivity index (χ2v) is 10.7. The van der Waals surface area contributed by atoms with Crippen LogP contribution in [-0.2, 0) is 26.2 Å². The Labute approximate surface area is 194 Å². The predicted molar refractivity (Wildman–Crippen MR) is 130 cm³/mol. The molecule has 1 aromatic rings. The Morgan fingerprint density at radius 2 is 1.81 bits per heavy atom. The maximum atomic E-state index is 13.2. The smallest absolute Gasteiger partial charge is 0.307 e. The fourth-order valence-corrected chi connectivity index (χ4v) is 6.03. The van der Waals surface area contributed by atoms with Gasteiger partial charge in [0.1, 0.15) is 0 Å². The van der Waals surface area contributed by atoms with Crippen LogP contribution >= 0.6 is 0 Å². The number of methoxy groups -OCH3 is 1. The number of nitrogens with zero attached hydrogens (tertiary/aromatic N) is 2. The van der Waals surface area contributed by atoms with E-state index in [9.17, 15) is 13.2 Å². The lowest BCUT2D eigenvalue weighted by molar-refractivity contribution is -0.142. The molecule has 1 aliphatic rings. The molecule has 1 unspecified atom stereocenters. The van der Waals surface area contributed by atoms with E-state index in [2.05, 4.69) is 16.5 Å². The maximum Gasteiger partial charge on any atom is 0.307 e. The molecular formula is C24H41N3O4S. The van der Waals surface area contributed by atoms with E-state index in [0.717, 1.165) is 25.8 Å². The van der Waals surface area contributed by atoms with Crippen molar-refractivity contribution in [2.24, 2.45) is 0 Å². The highest BCUT2D eigenvalue weighted by Gasteiger charge is 2.47. The van der Waals surface area contributed by atoms with Gasteiger partial charge >= 0.3 is 16.2 Å². The standard InChI is InChI=1S/C24H41N3O4S/c1-5-6-7-8-9-10-12-21-13-15-22(16-14-21)27(32(29,30)25-2)24(19-23(28)31-4)17-11-18-26(3)20-24/h13-16,25H,5-12,17-20H2,1-4H3. The summed E-state index contributed by atoms with van der Waals surface area (Å²) >= 11 is 0. The highest BCUT2D eigenvalue weighted by atomic mass is 32.2. The molecule has 8 heteroatoms. The molecule has 0 bridgehead atoms. The van der Waals surface area contributed by atoms with E-state index in [1.807, 2.05) is 31.3 Å². The topological polar surface area (TPSA) is 79.0 Å². The maximum absolute atomic E-state index is 13.2. The Balaban J connectivity index is 2.27. The highest BCUT2D eigenvalue weighted by Crippen LogP contribution is 2.37. The number of likely N-dealkylation sites (N-methyl/N-ethyl adjacent to an activating group) is 1. The van der Waals surface area contributed by atoms with Crippen molar-refractivity contribution in [3.63, 3.8) is 0 Å². The van der Waals surface area contributed by atoms with Gasteiger partial charge in [-0.2, -0.15) is 8.42 Å². The van der Waals surface area contributed by atoms with Crippen molar-refractivity contribution in [2.75, 3.05) is 38.6 Å². The van der Waals surface area contributed by atoms with Crippen molar-refractivity contribution in [1.29, 1.82) is 0 Å². The number of unbranched alkanes of at least 4 members (excludes halogenated alkanes) is 5. The number of aryl methyl sites for hydroxylation is 1. The number of carbonyl (C=O) groups excluding carboxylic acids is 1. The highest BCUT2D eigenvalue weighted by molar-refractivity contribution is 7.90. The minimum Gasteiger partial charge on any atom is -0.469 e.